The Balaban J connectivity index is 2.40. The van der Waals surface area contributed by atoms with Crippen LogP contribution >= 0.6 is 0 Å². The molecule has 1 aromatic heterocycles. The molecule has 1 atom stereocenters. The van der Waals surface area contributed by atoms with Gasteiger partial charge in [0.1, 0.15) is 11.6 Å². The van der Waals surface area contributed by atoms with Crippen LogP contribution in [0.15, 0.2) is 36.5 Å². The maximum Gasteiger partial charge on any atom is 0.419 e. The number of hydrogen-bond donors (Lipinski definition) is 2. The Kier molecular flexibility index (Phi) is 4.19. The van der Waals surface area contributed by atoms with Crippen LogP contribution < -0.4 is 11.3 Å². The lowest BCUT2D eigenvalue weighted by Crippen LogP contribution is -2.29. The Morgan fingerprint density at radius 1 is 1.10 bits per heavy atom. The number of nitrogens with one attached hydrogen (secondary N) is 1. The number of rotatable bonds is 3. The number of benzene rings is 1. The Bertz CT molecular complexity index is 625. The topological polar surface area (TPSA) is 50.9 Å². The Morgan fingerprint density at radius 3 is 2.29 bits per heavy atom. The summed E-state index contributed by atoms with van der Waals surface area (Å²) in [6.07, 6.45) is -3.84. The zero-order valence-corrected chi connectivity index (χ0v) is 10.5. The highest BCUT2D eigenvalue weighted by molar-refractivity contribution is 5.32. The largest absolute Gasteiger partial charge is 0.419 e. The molecule has 0 spiro atoms. The van der Waals surface area contributed by atoms with E-state index in [4.69, 9.17) is 5.84 Å². The normalized spacial score (nSPS) is 13.2. The SMILES string of the molecule is NNC(c1ccc(C(F)(F)F)c(F)c1)c1ccc(F)cn1. The number of alkyl halides is 3. The predicted octanol–water partition coefficient (Wildman–Crippen LogP) is 2.93. The molecule has 0 aliphatic carbocycles. The minimum Gasteiger partial charge on any atom is -0.271 e. The molecule has 0 saturated heterocycles. The number of halogens is 5. The van der Waals surface area contributed by atoms with Crippen LogP contribution in [0.25, 0.3) is 0 Å². The number of aromatic nitrogens is 1. The summed E-state index contributed by atoms with van der Waals surface area (Å²) in [6.45, 7) is 0. The Labute approximate surface area is 116 Å². The van der Waals surface area contributed by atoms with E-state index in [0.717, 1.165) is 24.4 Å². The van der Waals surface area contributed by atoms with Gasteiger partial charge < -0.3 is 0 Å². The highest BCUT2D eigenvalue weighted by Crippen LogP contribution is 2.33. The monoisotopic (exact) mass is 303 g/mol. The van der Waals surface area contributed by atoms with Crippen LogP contribution in [0.2, 0.25) is 0 Å². The fourth-order valence-electron chi connectivity index (χ4n) is 1.85. The van der Waals surface area contributed by atoms with Crippen LogP contribution in [0, 0.1) is 11.6 Å². The molecular weight excluding hydrogens is 293 g/mol. The summed E-state index contributed by atoms with van der Waals surface area (Å²) in [5.41, 5.74) is 1.33. The van der Waals surface area contributed by atoms with Gasteiger partial charge in [-0.15, -0.1) is 0 Å². The van der Waals surface area contributed by atoms with E-state index in [1.54, 1.807) is 0 Å². The van der Waals surface area contributed by atoms with Crippen molar-refractivity contribution < 1.29 is 22.0 Å². The molecular formula is C13H10F5N3. The van der Waals surface area contributed by atoms with Gasteiger partial charge in [0.05, 0.1) is 23.5 Å². The summed E-state index contributed by atoms with van der Waals surface area (Å²) in [5.74, 6) is 3.33. The molecule has 1 heterocycles. The molecule has 8 heteroatoms. The lowest BCUT2D eigenvalue weighted by Gasteiger charge is -2.17. The summed E-state index contributed by atoms with van der Waals surface area (Å²) in [6, 6.07) is 3.99. The summed E-state index contributed by atoms with van der Waals surface area (Å²) in [4.78, 5) is 3.76. The lowest BCUT2D eigenvalue weighted by atomic mass is 10.0. The van der Waals surface area contributed by atoms with E-state index in [-0.39, 0.29) is 11.3 Å². The molecule has 1 unspecified atom stereocenters. The second kappa shape index (κ2) is 5.74. The standard InChI is InChI=1S/C13H10F5N3/c14-8-2-4-11(20-6-8)12(21-19)7-1-3-9(10(15)5-7)13(16,17)18/h1-6,12,21H,19H2. The van der Waals surface area contributed by atoms with Gasteiger partial charge in [0, 0.05) is 0 Å². The van der Waals surface area contributed by atoms with Crippen LogP contribution in [0.1, 0.15) is 22.9 Å². The Hall–Kier alpha value is -2.06. The average molecular weight is 303 g/mol. The molecule has 0 bridgehead atoms. The van der Waals surface area contributed by atoms with E-state index in [1.165, 1.54) is 6.07 Å². The maximum absolute atomic E-state index is 13.6. The van der Waals surface area contributed by atoms with Crippen LogP contribution in [-0.4, -0.2) is 4.98 Å². The van der Waals surface area contributed by atoms with Crippen molar-refractivity contribution in [3.63, 3.8) is 0 Å². The second-order valence-corrected chi connectivity index (χ2v) is 4.24. The number of pyridine rings is 1. The highest BCUT2D eigenvalue weighted by atomic mass is 19.4. The fraction of sp³-hybridized carbons (Fsp3) is 0.154. The van der Waals surface area contributed by atoms with E-state index in [0.29, 0.717) is 6.07 Å². The van der Waals surface area contributed by atoms with Gasteiger partial charge in [-0.25, -0.2) is 14.2 Å². The first-order valence-electron chi connectivity index (χ1n) is 5.77. The summed E-state index contributed by atoms with van der Waals surface area (Å²) in [7, 11) is 0. The zero-order chi connectivity index (χ0) is 15.6. The van der Waals surface area contributed by atoms with Gasteiger partial charge in [-0.05, 0) is 29.8 Å². The summed E-state index contributed by atoms with van der Waals surface area (Å²) in [5, 5.41) is 0. The van der Waals surface area contributed by atoms with Gasteiger partial charge in [0.2, 0.25) is 0 Å². The second-order valence-electron chi connectivity index (χ2n) is 4.24. The van der Waals surface area contributed by atoms with Crippen molar-refractivity contribution in [2.75, 3.05) is 0 Å². The predicted molar refractivity (Wildman–Crippen MR) is 64.8 cm³/mol. The molecule has 112 valence electrons. The first-order valence-corrected chi connectivity index (χ1v) is 5.77. The number of hydrazine groups is 1. The quantitative estimate of drug-likeness (QED) is 0.521. The van der Waals surface area contributed by atoms with Crippen LogP contribution in [0.4, 0.5) is 22.0 Å². The van der Waals surface area contributed by atoms with Crippen molar-refractivity contribution in [3.8, 4) is 0 Å². The van der Waals surface area contributed by atoms with Crippen molar-refractivity contribution in [1.82, 2.24) is 10.4 Å². The summed E-state index contributed by atoms with van der Waals surface area (Å²) >= 11 is 0. The minimum absolute atomic E-state index is 0.141. The minimum atomic E-state index is -4.78. The number of nitrogens with zero attached hydrogens (tertiary/aromatic N) is 1. The van der Waals surface area contributed by atoms with E-state index >= 15 is 0 Å². The van der Waals surface area contributed by atoms with Crippen LogP contribution in [-0.2, 0) is 6.18 Å². The molecule has 0 aliphatic heterocycles. The van der Waals surface area contributed by atoms with Gasteiger partial charge in [0.15, 0.2) is 0 Å². The number of nitrogens with two attached hydrogens (primary N) is 1. The van der Waals surface area contributed by atoms with Gasteiger partial charge in [0.25, 0.3) is 0 Å². The highest BCUT2D eigenvalue weighted by Gasteiger charge is 2.34. The molecule has 0 fully saturated rings. The molecule has 3 nitrogen and oxygen atoms in total. The van der Waals surface area contributed by atoms with Crippen molar-refractivity contribution in [2.45, 2.75) is 12.2 Å². The zero-order valence-electron chi connectivity index (χ0n) is 10.5. The molecule has 0 amide bonds. The van der Waals surface area contributed by atoms with E-state index < -0.39 is 29.4 Å². The molecule has 21 heavy (non-hydrogen) atoms. The Morgan fingerprint density at radius 2 is 1.81 bits per heavy atom. The van der Waals surface area contributed by atoms with E-state index in [2.05, 4.69) is 10.4 Å². The molecule has 0 saturated carbocycles. The molecule has 0 radical (unpaired) electrons. The van der Waals surface area contributed by atoms with Gasteiger partial charge in [-0.2, -0.15) is 13.2 Å². The molecule has 0 aliphatic rings. The van der Waals surface area contributed by atoms with Crippen molar-refractivity contribution >= 4 is 0 Å². The average Bonchev–Trinajstić information content (AvgIpc) is 2.40. The van der Waals surface area contributed by atoms with Gasteiger partial charge in [-0.3, -0.25) is 10.8 Å². The van der Waals surface area contributed by atoms with Gasteiger partial charge >= 0.3 is 6.18 Å². The van der Waals surface area contributed by atoms with Crippen LogP contribution in [0.5, 0.6) is 0 Å². The van der Waals surface area contributed by atoms with Crippen molar-refractivity contribution in [1.29, 1.82) is 0 Å². The van der Waals surface area contributed by atoms with Gasteiger partial charge in [-0.1, -0.05) is 6.07 Å². The first kappa shape index (κ1) is 15.3. The van der Waals surface area contributed by atoms with Crippen LogP contribution in [0.3, 0.4) is 0 Å². The first-order chi connectivity index (χ1) is 9.82. The smallest absolute Gasteiger partial charge is 0.271 e. The fourth-order valence-corrected chi connectivity index (χ4v) is 1.85. The molecule has 2 aromatic rings. The molecule has 1 aromatic carbocycles. The lowest BCUT2D eigenvalue weighted by molar-refractivity contribution is -0.140. The van der Waals surface area contributed by atoms with Crippen molar-refractivity contribution in [2.24, 2.45) is 5.84 Å². The van der Waals surface area contributed by atoms with E-state index in [9.17, 15) is 22.0 Å². The third-order valence-electron chi connectivity index (χ3n) is 2.84. The third kappa shape index (κ3) is 3.34. The van der Waals surface area contributed by atoms with E-state index in [1.807, 2.05) is 0 Å². The van der Waals surface area contributed by atoms with Crippen molar-refractivity contribution in [3.05, 3.63) is 65.0 Å². The third-order valence-corrected chi connectivity index (χ3v) is 2.84. The summed E-state index contributed by atoms with van der Waals surface area (Å²) < 4.78 is 63.8. The maximum atomic E-state index is 13.6. The molecule has 2 rings (SSSR count). The molecule has 3 N–H and O–H groups in total. The number of hydrogen-bond acceptors (Lipinski definition) is 3.